The summed E-state index contributed by atoms with van der Waals surface area (Å²) in [6, 6.07) is 8.74. The summed E-state index contributed by atoms with van der Waals surface area (Å²) in [5, 5.41) is 14.2. The molecule has 0 unspecified atom stereocenters. The van der Waals surface area contributed by atoms with Crippen molar-refractivity contribution in [3.63, 3.8) is 0 Å². The number of ether oxygens (including phenoxy) is 1. The summed E-state index contributed by atoms with van der Waals surface area (Å²) in [6.45, 7) is 6.18. The van der Waals surface area contributed by atoms with Gasteiger partial charge in [-0.1, -0.05) is 6.07 Å². The maximum atomic E-state index is 13.7. The van der Waals surface area contributed by atoms with E-state index in [2.05, 4.69) is 10.3 Å². The largest absolute Gasteiger partial charge is 0.379 e. The maximum Gasteiger partial charge on any atom is 0.270 e. The molecule has 0 aliphatic carbocycles. The van der Waals surface area contributed by atoms with Gasteiger partial charge in [-0.25, -0.2) is 8.42 Å². The second kappa shape index (κ2) is 8.93. The van der Waals surface area contributed by atoms with Crippen LogP contribution in [0.2, 0.25) is 0 Å². The van der Waals surface area contributed by atoms with Gasteiger partial charge in [-0.15, -0.1) is 0 Å². The molecule has 0 saturated carbocycles. The fourth-order valence-corrected chi connectivity index (χ4v) is 5.73. The van der Waals surface area contributed by atoms with E-state index < -0.39 is 20.7 Å². The van der Waals surface area contributed by atoms with Crippen LogP contribution in [-0.2, 0) is 14.6 Å². The minimum Gasteiger partial charge on any atom is -0.379 e. The highest BCUT2D eigenvalue weighted by atomic mass is 32.2. The molecule has 11 heteroatoms. The van der Waals surface area contributed by atoms with E-state index in [1.165, 1.54) is 30.3 Å². The van der Waals surface area contributed by atoms with Crippen LogP contribution in [0.3, 0.4) is 0 Å². The van der Waals surface area contributed by atoms with Crippen molar-refractivity contribution < 1.29 is 22.9 Å². The molecule has 1 aromatic heterocycles. The van der Waals surface area contributed by atoms with Crippen LogP contribution in [0.5, 0.6) is 0 Å². The summed E-state index contributed by atoms with van der Waals surface area (Å²) in [5.41, 5.74) is 1.40. The third-order valence-electron chi connectivity index (χ3n) is 5.51. The number of carbonyl (C=O) groups excluding carboxylic acids is 1. The van der Waals surface area contributed by atoms with E-state index in [1.807, 2.05) is 11.0 Å². The van der Waals surface area contributed by atoms with Crippen molar-refractivity contribution in [2.24, 2.45) is 0 Å². The quantitative estimate of drug-likeness (QED) is 0.416. The molecule has 0 spiro atoms. The van der Waals surface area contributed by atoms with Crippen molar-refractivity contribution in [3.8, 4) is 0 Å². The minimum atomic E-state index is -4.18. The Bertz CT molecular complexity index is 1320. The van der Waals surface area contributed by atoms with Crippen LogP contribution in [-0.4, -0.2) is 62.1 Å². The van der Waals surface area contributed by atoms with Crippen LogP contribution >= 0.6 is 0 Å². The number of aryl methyl sites for hydroxylation is 2. The van der Waals surface area contributed by atoms with Crippen molar-refractivity contribution in [1.29, 1.82) is 0 Å². The van der Waals surface area contributed by atoms with E-state index in [0.29, 0.717) is 31.8 Å². The maximum absolute atomic E-state index is 13.7. The summed E-state index contributed by atoms with van der Waals surface area (Å²) in [4.78, 5) is 28.4. The highest BCUT2D eigenvalue weighted by Gasteiger charge is 2.31. The molecule has 10 nitrogen and oxygen atoms in total. The number of hydrogen-bond acceptors (Lipinski definition) is 7. The fourth-order valence-electron chi connectivity index (χ4n) is 3.94. The Morgan fingerprint density at radius 1 is 1.15 bits per heavy atom. The fraction of sp³-hybridized carbons (Fsp3) is 0.318. The van der Waals surface area contributed by atoms with Gasteiger partial charge in [0, 0.05) is 36.1 Å². The first kappa shape index (κ1) is 22.9. The van der Waals surface area contributed by atoms with Crippen LogP contribution in [0.1, 0.15) is 21.6 Å². The SMILES string of the molecule is Cc1cc(C)cc(S(=O)(=O)c2c(C(=O)NCN3CCOCC3)[nH]c3ccc([N+](=O)[O-])cc23)c1. The average molecular weight is 473 g/mol. The van der Waals surface area contributed by atoms with Crippen LogP contribution in [0.4, 0.5) is 5.69 Å². The van der Waals surface area contributed by atoms with E-state index in [9.17, 15) is 23.3 Å². The number of carbonyl (C=O) groups is 1. The molecule has 2 heterocycles. The normalized spacial score (nSPS) is 15.0. The number of nitrogens with zero attached hydrogens (tertiary/aromatic N) is 2. The number of fused-ring (bicyclic) bond motifs is 1. The van der Waals surface area contributed by atoms with E-state index in [1.54, 1.807) is 13.8 Å². The molecular formula is C22H24N4O6S. The number of amides is 1. The molecule has 174 valence electrons. The van der Waals surface area contributed by atoms with E-state index in [4.69, 9.17) is 4.74 Å². The lowest BCUT2D eigenvalue weighted by Crippen LogP contribution is -2.44. The molecule has 1 aliphatic rings. The number of sulfone groups is 1. The van der Waals surface area contributed by atoms with Gasteiger partial charge >= 0.3 is 0 Å². The number of rotatable bonds is 6. The zero-order valence-electron chi connectivity index (χ0n) is 18.3. The molecule has 0 radical (unpaired) electrons. The molecule has 2 aromatic carbocycles. The van der Waals surface area contributed by atoms with Gasteiger partial charge in [0.2, 0.25) is 9.84 Å². The summed E-state index contributed by atoms with van der Waals surface area (Å²) < 4.78 is 32.8. The molecule has 1 fully saturated rings. The minimum absolute atomic E-state index is 0.0228. The van der Waals surface area contributed by atoms with Gasteiger partial charge in [0.1, 0.15) is 10.6 Å². The molecule has 0 bridgehead atoms. The second-order valence-electron chi connectivity index (χ2n) is 8.04. The van der Waals surface area contributed by atoms with Crippen LogP contribution in [0.25, 0.3) is 10.9 Å². The van der Waals surface area contributed by atoms with Gasteiger partial charge in [-0.05, 0) is 43.2 Å². The number of nitro benzene ring substituents is 1. The van der Waals surface area contributed by atoms with Crippen molar-refractivity contribution >= 4 is 32.3 Å². The van der Waals surface area contributed by atoms with Crippen molar-refractivity contribution in [2.75, 3.05) is 33.0 Å². The Kier molecular flexibility index (Phi) is 6.19. The number of morpholine rings is 1. The molecule has 4 rings (SSSR count). The standard InChI is InChI=1S/C22H24N4O6S/c1-14-9-15(2)11-17(10-14)33(30,31)21-18-12-16(26(28)29)3-4-19(18)24-20(21)22(27)23-13-25-5-7-32-8-6-25/h3-4,9-12,24H,5-8,13H2,1-2H3,(H,23,27). The van der Waals surface area contributed by atoms with Crippen molar-refractivity contribution in [1.82, 2.24) is 15.2 Å². The third kappa shape index (κ3) is 4.61. The Morgan fingerprint density at radius 3 is 2.45 bits per heavy atom. The van der Waals surface area contributed by atoms with Gasteiger partial charge in [0.05, 0.1) is 29.7 Å². The zero-order chi connectivity index (χ0) is 23.8. The summed E-state index contributed by atoms with van der Waals surface area (Å²) in [7, 11) is -4.18. The zero-order valence-corrected chi connectivity index (χ0v) is 19.1. The Balaban J connectivity index is 1.83. The molecule has 2 N–H and O–H groups in total. The van der Waals surface area contributed by atoms with Crippen LogP contribution < -0.4 is 5.32 Å². The molecule has 0 atom stereocenters. The molecule has 1 saturated heterocycles. The Morgan fingerprint density at radius 2 is 1.82 bits per heavy atom. The first-order valence-electron chi connectivity index (χ1n) is 10.4. The van der Waals surface area contributed by atoms with Gasteiger partial charge in [-0.3, -0.25) is 19.8 Å². The monoisotopic (exact) mass is 472 g/mol. The highest BCUT2D eigenvalue weighted by molar-refractivity contribution is 7.91. The number of H-pyrrole nitrogens is 1. The molecular weight excluding hydrogens is 448 g/mol. The number of hydrogen-bond donors (Lipinski definition) is 2. The number of aromatic amines is 1. The van der Waals surface area contributed by atoms with Gasteiger partial charge in [0.15, 0.2) is 0 Å². The molecule has 1 aliphatic heterocycles. The van der Waals surface area contributed by atoms with Crippen molar-refractivity contribution in [3.05, 3.63) is 63.3 Å². The Labute approximate surface area is 190 Å². The number of benzene rings is 2. The first-order valence-corrected chi connectivity index (χ1v) is 11.9. The number of nitro groups is 1. The molecule has 33 heavy (non-hydrogen) atoms. The highest BCUT2D eigenvalue weighted by Crippen LogP contribution is 2.34. The molecule has 1 amide bonds. The third-order valence-corrected chi connectivity index (χ3v) is 7.33. The van der Waals surface area contributed by atoms with Gasteiger partial charge in [-0.2, -0.15) is 0 Å². The summed E-state index contributed by atoms with van der Waals surface area (Å²) >= 11 is 0. The van der Waals surface area contributed by atoms with Gasteiger partial charge in [0.25, 0.3) is 11.6 Å². The van der Waals surface area contributed by atoms with Crippen molar-refractivity contribution in [2.45, 2.75) is 23.6 Å². The van der Waals surface area contributed by atoms with E-state index in [0.717, 1.165) is 11.1 Å². The number of non-ortho nitro benzene ring substituents is 1. The summed E-state index contributed by atoms with van der Waals surface area (Å²) in [5.74, 6) is -0.608. The van der Waals surface area contributed by atoms with Crippen LogP contribution in [0, 0.1) is 24.0 Å². The van der Waals surface area contributed by atoms with E-state index >= 15 is 0 Å². The second-order valence-corrected chi connectivity index (χ2v) is 9.92. The van der Waals surface area contributed by atoms with Crippen LogP contribution in [0.15, 0.2) is 46.2 Å². The lowest BCUT2D eigenvalue weighted by atomic mass is 10.2. The number of nitrogens with one attached hydrogen (secondary N) is 2. The Hall–Kier alpha value is -3.28. The first-order chi connectivity index (χ1) is 15.7. The lowest BCUT2D eigenvalue weighted by molar-refractivity contribution is -0.384. The topological polar surface area (TPSA) is 135 Å². The average Bonchev–Trinajstić information content (AvgIpc) is 3.17. The molecule has 3 aromatic rings. The predicted octanol–water partition coefficient (Wildman–Crippen LogP) is 2.55. The van der Waals surface area contributed by atoms with Gasteiger partial charge < -0.3 is 15.0 Å². The van der Waals surface area contributed by atoms with E-state index in [-0.39, 0.29) is 33.2 Å². The lowest BCUT2D eigenvalue weighted by Gasteiger charge is -2.26. The summed E-state index contributed by atoms with van der Waals surface area (Å²) in [6.07, 6.45) is 0. The predicted molar refractivity (Wildman–Crippen MR) is 121 cm³/mol. The number of aromatic nitrogens is 1. The smallest absolute Gasteiger partial charge is 0.270 e.